The third-order valence-electron chi connectivity index (χ3n) is 4.23. The molecule has 0 aliphatic heterocycles. The van der Waals surface area contributed by atoms with E-state index in [2.05, 4.69) is 13.8 Å². The van der Waals surface area contributed by atoms with Gasteiger partial charge in [0, 0.05) is 16.8 Å². The molecular formula is C22H27ClO6. The van der Waals surface area contributed by atoms with Gasteiger partial charge in [-0.05, 0) is 12.8 Å². The Balaban J connectivity index is 2.12. The molecular weight excluding hydrogens is 396 g/mol. The predicted molar refractivity (Wildman–Crippen MR) is 112 cm³/mol. The molecule has 0 amide bonds. The van der Waals surface area contributed by atoms with Crippen molar-refractivity contribution in [2.75, 3.05) is 13.2 Å². The van der Waals surface area contributed by atoms with Gasteiger partial charge in [0.05, 0.1) is 18.2 Å². The third kappa shape index (κ3) is 7.13. The van der Waals surface area contributed by atoms with Gasteiger partial charge in [-0.2, -0.15) is 0 Å². The van der Waals surface area contributed by atoms with Crippen molar-refractivity contribution in [3.63, 3.8) is 0 Å². The Bertz CT molecular complexity index is 820. The van der Waals surface area contributed by atoms with E-state index in [9.17, 15) is 9.59 Å². The van der Waals surface area contributed by atoms with Gasteiger partial charge in [-0.1, -0.05) is 75.4 Å². The Morgan fingerprint density at radius 1 is 0.828 bits per heavy atom. The van der Waals surface area contributed by atoms with Crippen molar-refractivity contribution in [3.8, 4) is 11.5 Å². The first-order chi connectivity index (χ1) is 14.1. The van der Waals surface area contributed by atoms with Gasteiger partial charge >= 0.3 is 12.3 Å². The summed E-state index contributed by atoms with van der Waals surface area (Å²) in [6.45, 7) is 4.71. The predicted octanol–water partition coefficient (Wildman–Crippen LogP) is 6.90. The minimum atomic E-state index is -0.822. The van der Waals surface area contributed by atoms with E-state index in [4.69, 9.17) is 30.5 Å². The Morgan fingerprint density at radius 3 is 1.97 bits per heavy atom. The number of hydrogen-bond acceptors (Lipinski definition) is 6. The van der Waals surface area contributed by atoms with E-state index in [0.717, 1.165) is 38.5 Å². The first-order valence-electron chi connectivity index (χ1n) is 9.97. The fourth-order valence-corrected chi connectivity index (χ4v) is 2.96. The number of carbonyl (C=O) groups excluding carboxylic acids is 2. The number of ether oxygens (including phenoxy) is 4. The first kappa shape index (κ1) is 22.8. The summed E-state index contributed by atoms with van der Waals surface area (Å²) in [7, 11) is 0. The zero-order chi connectivity index (χ0) is 21.1. The van der Waals surface area contributed by atoms with Crippen LogP contribution < -0.4 is 9.47 Å². The summed E-state index contributed by atoms with van der Waals surface area (Å²) in [5.41, 5.74) is 0. The molecule has 0 spiro atoms. The van der Waals surface area contributed by atoms with Gasteiger partial charge in [-0.3, -0.25) is 0 Å². The quantitative estimate of drug-likeness (QED) is 0.235. The van der Waals surface area contributed by atoms with Gasteiger partial charge in [0.1, 0.15) is 5.75 Å². The minimum absolute atomic E-state index is 0.128. The van der Waals surface area contributed by atoms with Crippen LogP contribution in [0.15, 0.2) is 30.3 Å². The molecule has 7 heteroatoms. The van der Waals surface area contributed by atoms with Crippen LogP contribution in [0.5, 0.6) is 11.5 Å². The highest BCUT2D eigenvalue weighted by molar-refractivity contribution is 6.33. The second-order valence-corrected chi connectivity index (χ2v) is 6.95. The molecule has 0 N–H and O–H groups in total. The highest BCUT2D eigenvalue weighted by Crippen LogP contribution is 2.40. The molecule has 0 fully saturated rings. The van der Waals surface area contributed by atoms with Crippen LogP contribution in [-0.2, 0) is 9.47 Å². The lowest BCUT2D eigenvalue weighted by Crippen LogP contribution is -2.13. The highest BCUT2D eigenvalue weighted by Gasteiger charge is 2.19. The molecule has 0 saturated carbocycles. The molecule has 0 aliphatic rings. The molecule has 2 aromatic carbocycles. The number of rotatable bonds is 10. The van der Waals surface area contributed by atoms with Crippen molar-refractivity contribution in [3.05, 3.63) is 35.4 Å². The fraction of sp³-hybridized carbons (Fsp3) is 0.455. The van der Waals surface area contributed by atoms with Crippen LogP contribution in [-0.4, -0.2) is 25.5 Å². The molecule has 29 heavy (non-hydrogen) atoms. The molecule has 0 bridgehead atoms. The van der Waals surface area contributed by atoms with Gasteiger partial charge in [0.25, 0.3) is 0 Å². The van der Waals surface area contributed by atoms with Gasteiger partial charge in [0.2, 0.25) is 0 Å². The lowest BCUT2D eigenvalue weighted by molar-refractivity contribution is 0.0959. The molecule has 6 nitrogen and oxygen atoms in total. The Morgan fingerprint density at radius 2 is 1.38 bits per heavy atom. The van der Waals surface area contributed by atoms with Gasteiger partial charge in [0.15, 0.2) is 5.75 Å². The molecule has 0 aliphatic carbocycles. The molecule has 0 heterocycles. The SMILES string of the molecule is CCCCCOC(=O)Oc1cc(Cl)c(OC(=O)OCCCCC)c2ccccc12. The summed E-state index contributed by atoms with van der Waals surface area (Å²) in [6.07, 6.45) is 3.93. The van der Waals surface area contributed by atoms with Crippen molar-refractivity contribution < 1.29 is 28.5 Å². The maximum atomic E-state index is 12.0. The van der Waals surface area contributed by atoms with Crippen molar-refractivity contribution in [2.24, 2.45) is 0 Å². The normalized spacial score (nSPS) is 10.6. The smallest absolute Gasteiger partial charge is 0.434 e. The van der Waals surface area contributed by atoms with E-state index < -0.39 is 12.3 Å². The maximum absolute atomic E-state index is 12.0. The Kier molecular flexibility index (Phi) is 9.57. The summed E-state index contributed by atoms with van der Waals surface area (Å²) in [4.78, 5) is 24.0. The van der Waals surface area contributed by atoms with Gasteiger partial charge in [-0.25, -0.2) is 9.59 Å². The Hall–Kier alpha value is -2.47. The summed E-state index contributed by atoms with van der Waals surface area (Å²) in [5, 5.41) is 1.22. The number of halogens is 1. The highest BCUT2D eigenvalue weighted by atomic mass is 35.5. The summed E-state index contributed by atoms with van der Waals surface area (Å²) in [5.74, 6) is 0.390. The maximum Gasteiger partial charge on any atom is 0.513 e. The molecule has 2 rings (SSSR count). The van der Waals surface area contributed by atoms with Gasteiger partial charge < -0.3 is 18.9 Å². The zero-order valence-electron chi connectivity index (χ0n) is 16.9. The molecule has 0 saturated heterocycles. The van der Waals surface area contributed by atoms with E-state index in [1.54, 1.807) is 24.3 Å². The lowest BCUT2D eigenvalue weighted by atomic mass is 10.1. The third-order valence-corrected chi connectivity index (χ3v) is 4.51. The van der Waals surface area contributed by atoms with E-state index in [-0.39, 0.29) is 23.1 Å². The van der Waals surface area contributed by atoms with Crippen LogP contribution in [0, 0.1) is 0 Å². The molecule has 0 unspecified atom stereocenters. The number of benzene rings is 2. The van der Waals surface area contributed by atoms with E-state index in [1.165, 1.54) is 6.07 Å². The number of unbranched alkanes of at least 4 members (excludes halogenated alkanes) is 4. The summed E-state index contributed by atoms with van der Waals surface area (Å²) < 4.78 is 20.8. The molecule has 0 atom stereocenters. The topological polar surface area (TPSA) is 71.1 Å². The Labute approximate surface area is 176 Å². The van der Waals surface area contributed by atoms with Crippen LogP contribution in [0.25, 0.3) is 10.8 Å². The molecule has 0 radical (unpaired) electrons. The van der Waals surface area contributed by atoms with Crippen molar-refractivity contribution in [2.45, 2.75) is 52.4 Å². The first-order valence-corrected chi connectivity index (χ1v) is 10.3. The standard InChI is InChI=1S/C22H27ClO6/c1-3-5-9-13-26-21(24)28-19-15-18(23)20(17-12-8-7-11-16(17)19)29-22(25)27-14-10-6-4-2/h7-8,11-12,15H,3-6,9-10,13-14H2,1-2H3. The van der Waals surface area contributed by atoms with E-state index in [1.807, 2.05) is 0 Å². The van der Waals surface area contributed by atoms with Crippen LogP contribution >= 0.6 is 11.6 Å². The fourth-order valence-electron chi connectivity index (χ4n) is 2.72. The van der Waals surface area contributed by atoms with E-state index in [0.29, 0.717) is 17.4 Å². The lowest BCUT2D eigenvalue weighted by Gasteiger charge is -2.13. The average molecular weight is 423 g/mol. The van der Waals surface area contributed by atoms with Crippen LogP contribution in [0.1, 0.15) is 52.4 Å². The van der Waals surface area contributed by atoms with Crippen LogP contribution in [0.4, 0.5) is 9.59 Å². The summed E-state index contributed by atoms with van der Waals surface area (Å²) >= 11 is 6.30. The summed E-state index contributed by atoms with van der Waals surface area (Å²) in [6, 6.07) is 8.44. The van der Waals surface area contributed by atoms with Crippen molar-refractivity contribution in [1.82, 2.24) is 0 Å². The minimum Gasteiger partial charge on any atom is -0.434 e. The largest absolute Gasteiger partial charge is 0.513 e. The van der Waals surface area contributed by atoms with Crippen molar-refractivity contribution >= 4 is 34.7 Å². The number of hydrogen-bond donors (Lipinski definition) is 0. The number of carbonyl (C=O) groups is 2. The zero-order valence-corrected chi connectivity index (χ0v) is 17.6. The van der Waals surface area contributed by atoms with Crippen LogP contribution in [0.2, 0.25) is 5.02 Å². The number of fused-ring (bicyclic) bond motifs is 1. The average Bonchev–Trinajstić information content (AvgIpc) is 2.71. The monoisotopic (exact) mass is 422 g/mol. The van der Waals surface area contributed by atoms with Gasteiger partial charge in [-0.15, -0.1) is 0 Å². The van der Waals surface area contributed by atoms with Crippen molar-refractivity contribution in [1.29, 1.82) is 0 Å². The van der Waals surface area contributed by atoms with E-state index >= 15 is 0 Å². The second kappa shape index (κ2) is 12.2. The molecule has 2 aromatic rings. The molecule has 158 valence electrons. The molecule has 0 aromatic heterocycles. The van der Waals surface area contributed by atoms with Crippen LogP contribution in [0.3, 0.4) is 0 Å². The second-order valence-electron chi connectivity index (χ2n) is 6.55.